The first kappa shape index (κ1) is 22.3. The van der Waals surface area contributed by atoms with Gasteiger partial charge in [0.15, 0.2) is 0 Å². The Bertz CT molecular complexity index is 909. The van der Waals surface area contributed by atoms with Gasteiger partial charge in [-0.25, -0.2) is 4.79 Å². The Morgan fingerprint density at radius 1 is 1.06 bits per heavy atom. The van der Waals surface area contributed by atoms with Crippen molar-refractivity contribution >= 4 is 29.2 Å². The van der Waals surface area contributed by atoms with E-state index in [4.69, 9.17) is 9.47 Å². The molecule has 1 N–H and O–H groups in total. The first-order valence-corrected chi connectivity index (χ1v) is 10.5. The van der Waals surface area contributed by atoms with Crippen LogP contribution < -0.4 is 15.0 Å². The molecule has 31 heavy (non-hydrogen) atoms. The quantitative estimate of drug-likeness (QED) is 0.485. The number of amides is 2. The van der Waals surface area contributed by atoms with Crippen LogP contribution in [0.25, 0.3) is 0 Å². The van der Waals surface area contributed by atoms with Gasteiger partial charge in [-0.1, -0.05) is 19.8 Å². The van der Waals surface area contributed by atoms with Crippen LogP contribution in [0.5, 0.6) is 5.75 Å². The molecule has 1 fully saturated rings. The Labute approximate surface area is 182 Å². The Balaban J connectivity index is 1.54. The first-order valence-electron chi connectivity index (χ1n) is 10.5. The van der Waals surface area contributed by atoms with Gasteiger partial charge in [0.25, 0.3) is 0 Å². The molecule has 0 aromatic heterocycles. The number of carbonyl (C=O) groups is 3. The van der Waals surface area contributed by atoms with Crippen molar-refractivity contribution in [2.24, 2.45) is 5.92 Å². The molecule has 0 bridgehead atoms. The number of anilines is 2. The van der Waals surface area contributed by atoms with Crippen molar-refractivity contribution < 1.29 is 23.9 Å². The summed E-state index contributed by atoms with van der Waals surface area (Å²) < 4.78 is 10.4. The number of benzene rings is 2. The van der Waals surface area contributed by atoms with Crippen LogP contribution in [0.2, 0.25) is 0 Å². The van der Waals surface area contributed by atoms with E-state index in [1.54, 1.807) is 60.5 Å². The molecule has 2 aromatic rings. The van der Waals surface area contributed by atoms with E-state index in [0.29, 0.717) is 30.2 Å². The van der Waals surface area contributed by atoms with Gasteiger partial charge in [-0.3, -0.25) is 9.59 Å². The third kappa shape index (κ3) is 5.84. The molecule has 0 saturated carbocycles. The second-order valence-electron chi connectivity index (χ2n) is 7.51. The third-order valence-corrected chi connectivity index (χ3v) is 5.25. The molecule has 1 aliphatic heterocycles. The van der Waals surface area contributed by atoms with E-state index in [2.05, 4.69) is 12.2 Å². The lowest BCUT2D eigenvalue weighted by Crippen LogP contribution is -2.28. The van der Waals surface area contributed by atoms with Gasteiger partial charge in [0.2, 0.25) is 11.8 Å². The Morgan fingerprint density at radius 3 is 2.42 bits per heavy atom. The van der Waals surface area contributed by atoms with Crippen molar-refractivity contribution in [2.75, 3.05) is 30.5 Å². The van der Waals surface area contributed by atoms with Crippen LogP contribution in [0.3, 0.4) is 0 Å². The fraction of sp³-hybridized carbons (Fsp3) is 0.375. The van der Waals surface area contributed by atoms with Crippen LogP contribution in [0, 0.1) is 5.92 Å². The van der Waals surface area contributed by atoms with Crippen LogP contribution in [-0.4, -0.2) is 38.0 Å². The molecule has 1 atom stereocenters. The second kappa shape index (κ2) is 10.6. The molecule has 2 aromatic carbocycles. The minimum Gasteiger partial charge on any atom is -0.497 e. The highest BCUT2D eigenvalue weighted by atomic mass is 16.5. The number of unbranched alkanes of at least 4 members (excludes halogenated alkanes) is 2. The minimum absolute atomic E-state index is 0.0912. The maximum atomic E-state index is 12.7. The van der Waals surface area contributed by atoms with Crippen molar-refractivity contribution in [3.63, 3.8) is 0 Å². The zero-order valence-corrected chi connectivity index (χ0v) is 17.9. The topological polar surface area (TPSA) is 84.9 Å². The first-order chi connectivity index (χ1) is 15.0. The summed E-state index contributed by atoms with van der Waals surface area (Å²) in [7, 11) is 1.58. The number of rotatable bonds is 9. The lowest BCUT2D eigenvalue weighted by Gasteiger charge is -2.17. The number of carbonyl (C=O) groups excluding carboxylic acids is 3. The van der Waals surface area contributed by atoms with Gasteiger partial charge in [0.05, 0.1) is 25.2 Å². The van der Waals surface area contributed by atoms with Crippen molar-refractivity contribution in [1.29, 1.82) is 0 Å². The van der Waals surface area contributed by atoms with Gasteiger partial charge in [0, 0.05) is 24.3 Å². The SMILES string of the molecule is CCCCCOC(=O)c1ccc(NC(=O)[C@H]2CC(=O)N(c3ccc(OC)cc3)C2)cc1. The van der Waals surface area contributed by atoms with Crippen LogP contribution in [0.1, 0.15) is 43.0 Å². The number of esters is 1. The zero-order chi connectivity index (χ0) is 22.2. The van der Waals surface area contributed by atoms with E-state index in [1.165, 1.54) is 0 Å². The third-order valence-electron chi connectivity index (χ3n) is 5.25. The Hall–Kier alpha value is -3.35. The molecule has 0 aliphatic carbocycles. The van der Waals surface area contributed by atoms with E-state index < -0.39 is 5.92 Å². The molecule has 0 radical (unpaired) electrons. The molecule has 3 rings (SSSR count). The fourth-order valence-electron chi connectivity index (χ4n) is 3.43. The van der Waals surface area contributed by atoms with Gasteiger partial charge in [-0.05, 0) is 55.0 Å². The highest BCUT2D eigenvalue weighted by molar-refractivity contribution is 6.03. The van der Waals surface area contributed by atoms with E-state index in [-0.39, 0.29) is 24.2 Å². The predicted molar refractivity (Wildman–Crippen MR) is 118 cm³/mol. The van der Waals surface area contributed by atoms with E-state index in [1.807, 2.05) is 0 Å². The molecular weight excluding hydrogens is 396 g/mol. The van der Waals surface area contributed by atoms with Gasteiger partial charge in [-0.15, -0.1) is 0 Å². The average Bonchev–Trinajstić information content (AvgIpc) is 3.19. The van der Waals surface area contributed by atoms with Gasteiger partial charge < -0.3 is 19.7 Å². The summed E-state index contributed by atoms with van der Waals surface area (Å²) in [4.78, 5) is 38.7. The van der Waals surface area contributed by atoms with Gasteiger partial charge >= 0.3 is 5.97 Å². The summed E-state index contributed by atoms with van der Waals surface area (Å²) in [6.07, 6.45) is 3.10. The van der Waals surface area contributed by atoms with Crippen molar-refractivity contribution in [2.45, 2.75) is 32.6 Å². The van der Waals surface area contributed by atoms with Crippen molar-refractivity contribution in [3.05, 3.63) is 54.1 Å². The normalized spacial score (nSPS) is 15.6. The van der Waals surface area contributed by atoms with Crippen LogP contribution in [-0.2, 0) is 14.3 Å². The number of methoxy groups -OCH3 is 1. The summed E-state index contributed by atoms with van der Waals surface area (Å²) in [5, 5.41) is 2.83. The summed E-state index contributed by atoms with van der Waals surface area (Å²) in [6, 6.07) is 13.8. The number of nitrogens with one attached hydrogen (secondary N) is 1. The minimum atomic E-state index is -0.446. The molecule has 7 heteroatoms. The van der Waals surface area contributed by atoms with Gasteiger partial charge in [0.1, 0.15) is 5.75 Å². The lowest BCUT2D eigenvalue weighted by molar-refractivity contribution is -0.122. The highest BCUT2D eigenvalue weighted by Crippen LogP contribution is 2.27. The molecule has 1 heterocycles. The number of hydrogen-bond donors (Lipinski definition) is 1. The van der Waals surface area contributed by atoms with E-state index >= 15 is 0 Å². The molecule has 1 aliphatic rings. The van der Waals surface area contributed by atoms with Crippen molar-refractivity contribution in [1.82, 2.24) is 0 Å². The molecule has 1 saturated heterocycles. The van der Waals surface area contributed by atoms with Crippen LogP contribution in [0.15, 0.2) is 48.5 Å². The summed E-state index contributed by atoms with van der Waals surface area (Å²) >= 11 is 0. The number of hydrogen-bond acceptors (Lipinski definition) is 5. The smallest absolute Gasteiger partial charge is 0.338 e. The lowest BCUT2D eigenvalue weighted by atomic mass is 10.1. The second-order valence-corrected chi connectivity index (χ2v) is 7.51. The molecule has 164 valence electrons. The number of nitrogens with zero attached hydrogens (tertiary/aromatic N) is 1. The molecule has 2 amide bonds. The highest BCUT2D eigenvalue weighted by Gasteiger charge is 2.35. The fourth-order valence-corrected chi connectivity index (χ4v) is 3.43. The van der Waals surface area contributed by atoms with Gasteiger partial charge in [-0.2, -0.15) is 0 Å². The molecular formula is C24H28N2O5. The average molecular weight is 424 g/mol. The Kier molecular flexibility index (Phi) is 7.65. The van der Waals surface area contributed by atoms with E-state index in [9.17, 15) is 14.4 Å². The summed E-state index contributed by atoms with van der Waals surface area (Å²) in [5.41, 5.74) is 1.75. The standard InChI is InChI=1S/C24H28N2O5/c1-3-4-5-14-31-24(29)17-6-8-19(9-7-17)25-23(28)18-15-22(27)26(16-18)20-10-12-21(30-2)13-11-20/h6-13,18H,3-5,14-16H2,1-2H3,(H,25,28)/t18-/m0/s1. The summed E-state index contributed by atoms with van der Waals surface area (Å²) in [5.74, 6) is -0.424. The molecule has 0 spiro atoms. The largest absolute Gasteiger partial charge is 0.497 e. The van der Waals surface area contributed by atoms with Crippen LogP contribution in [0.4, 0.5) is 11.4 Å². The van der Waals surface area contributed by atoms with Crippen LogP contribution >= 0.6 is 0 Å². The maximum Gasteiger partial charge on any atom is 0.338 e. The van der Waals surface area contributed by atoms with Crippen molar-refractivity contribution in [3.8, 4) is 5.75 Å². The monoisotopic (exact) mass is 424 g/mol. The predicted octanol–water partition coefficient (Wildman–Crippen LogP) is 4.03. The molecule has 0 unspecified atom stereocenters. The maximum absolute atomic E-state index is 12.7. The zero-order valence-electron chi connectivity index (χ0n) is 17.9. The van der Waals surface area contributed by atoms with E-state index in [0.717, 1.165) is 24.9 Å². The summed E-state index contributed by atoms with van der Waals surface area (Å²) in [6.45, 7) is 2.82. The number of ether oxygens (including phenoxy) is 2. The molecule has 7 nitrogen and oxygen atoms in total. The Morgan fingerprint density at radius 2 is 1.77 bits per heavy atom.